The normalized spacial score (nSPS) is 18.0. The van der Waals surface area contributed by atoms with Gasteiger partial charge in [0.2, 0.25) is 0 Å². The summed E-state index contributed by atoms with van der Waals surface area (Å²) >= 11 is 0. The maximum Gasteiger partial charge on any atom is 0.387 e. The summed E-state index contributed by atoms with van der Waals surface area (Å²) in [7, 11) is 1.37. The zero-order valence-electron chi connectivity index (χ0n) is 19.0. The van der Waals surface area contributed by atoms with Gasteiger partial charge in [-0.1, -0.05) is 0 Å². The van der Waals surface area contributed by atoms with Crippen molar-refractivity contribution in [3.8, 4) is 28.5 Å². The van der Waals surface area contributed by atoms with E-state index in [1.807, 2.05) is 0 Å². The number of benzene rings is 1. The summed E-state index contributed by atoms with van der Waals surface area (Å²) in [5.74, 6) is -0.0490. The molecular formula is C24H25F2N3O6. The first kappa shape index (κ1) is 23.3. The first-order valence-electron chi connectivity index (χ1n) is 11.3. The van der Waals surface area contributed by atoms with Crippen LogP contribution in [-0.2, 0) is 9.47 Å². The first-order chi connectivity index (χ1) is 17.0. The van der Waals surface area contributed by atoms with Crippen LogP contribution < -0.4 is 19.5 Å². The molecule has 1 aliphatic heterocycles. The summed E-state index contributed by atoms with van der Waals surface area (Å²) in [6, 6.07) is 6.57. The van der Waals surface area contributed by atoms with E-state index >= 15 is 0 Å². The van der Waals surface area contributed by atoms with Crippen LogP contribution in [0.2, 0.25) is 0 Å². The highest BCUT2D eigenvalue weighted by atomic mass is 19.3. The molecule has 0 spiro atoms. The largest absolute Gasteiger partial charge is 0.496 e. The van der Waals surface area contributed by atoms with Gasteiger partial charge in [-0.3, -0.25) is 9.20 Å². The number of methoxy groups -OCH3 is 1. The molecule has 3 heterocycles. The number of hydrogen-bond acceptors (Lipinski definition) is 7. The quantitative estimate of drug-likeness (QED) is 0.493. The molecule has 0 unspecified atom stereocenters. The smallest absolute Gasteiger partial charge is 0.387 e. The monoisotopic (exact) mass is 489 g/mol. The van der Waals surface area contributed by atoms with Crippen molar-refractivity contribution in [2.24, 2.45) is 0 Å². The number of hydrogen-bond donors (Lipinski definition) is 1. The standard InChI is InChI=1S/C24H25F2N3O6/c1-31-19-8-14(9-20(35-24(25)26)22(19)23(30)28-15-2-3-15)18-11-27-21-10-16(4-5-29(18)21)34-13-17-12-32-6-7-33-17/h4-5,8-11,15,17,24H,2-3,6-7,12-13H2,1H3,(H,28,30)/t17-/m0/s1. The molecule has 1 atom stereocenters. The Morgan fingerprint density at radius 1 is 1.26 bits per heavy atom. The highest BCUT2D eigenvalue weighted by Crippen LogP contribution is 2.37. The Morgan fingerprint density at radius 2 is 2.09 bits per heavy atom. The number of carbonyl (C=O) groups excluding carboxylic acids is 1. The van der Waals surface area contributed by atoms with Crippen LogP contribution in [-0.4, -0.2) is 67.6 Å². The number of alkyl halides is 2. The predicted octanol–water partition coefficient (Wildman–Crippen LogP) is 3.30. The lowest BCUT2D eigenvalue weighted by Gasteiger charge is -2.22. The van der Waals surface area contributed by atoms with Gasteiger partial charge in [0.05, 0.1) is 38.8 Å². The maximum absolute atomic E-state index is 13.2. The summed E-state index contributed by atoms with van der Waals surface area (Å²) < 4.78 is 55.1. The number of carbonyl (C=O) groups is 1. The summed E-state index contributed by atoms with van der Waals surface area (Å²) in [6.07, 6.45) is 4.94. The Kier molecular flexibility index (Phi) is 6.69. The van der Waals surface area contributed by atoms with Gasteiger partial charge < -0.3 is 29.0 Å². The zero-order valence-corrected chi connectivity index (χ0v) is 19.0. The molecule has 1 saturated carbocycles. The number of aromatic nitrogens is 2. The van der Waals surface area contributed by atoms with Crippen LogP contribution in [0.3, 0.4) is 0 Å². The van der Waals surface area contributed by atoms with Crippen molar-refractivity contribution in [2.75, 3.05) is 33.5 Å². The molecule has 2 aromatic heterocycles. The number of fused-ring (bicyclic) bond motifs is 1. The average molecular weight is 489 g/mol. The number of nitrogens with zero attached hydrogens (tertiary/aromatic N) is 2. The minimum atomic E-state index is -3.11. The molecule has 1 aliphatic carbocycles. The van der Waals surface area contributed by atoms with Crippen LogP contribution in [0.25, 0.3) is 16.9 Å². The third kappa shape index (κ3) is 5.30. The topological polar surface area (TPSA) is 92.6 Å². The number of nitrogens with one attached hydrogen (secondary N) is 1. The van der Waals surface area contributed by atoms with E-state index in [9.17, 15) is 13.6 Å². The molecule has 0 radical (unpaired) electrons. The molecule has 0 bridgehead atoms. The average Bonchev–Trinajstić information content (AvgIpc) is 3.57. The maximum atomic E-state index is 13.2. The highest BCUT2D eigenvalue weighted by Gasteiger charge is 2.29. The van der Waals surface area contributed by atoms with Crippen LogP contribution in [0.4, 0.5) is 8.78 Å². The van der Waals surface area contributed by atoms with E-state index in [4.69, 9.17) is 23.7 Å². The number of imidazole rings is 1. The number of rotatable bonds is 9. The number of pyridine rings is 1. The van der Waals surface area contributed by atoms with E-state index in [0.717, 1.165) is 12.8 Å². The van der Waals surface area contributed by atoms with Gasteiger partial charge in [0.15, 0.2) is 0 Å². The number of halogens is 2. The number of amides is 1. The molecule has 2 aliphatic rings. The van der Waals surface area contributed by atoms with Gasteiger partial charge in [-0.05, 0) is 31.0 Å². The van der Waals surface area contributed by atoms with Gasteiger partial charge in [0.25, 0.3) is 5.91 Å². The Bertz CT molecular complexity index is 1210. The Balaban J connectivity index is 1.44. The van der Waals surface area contributed by atoms with Gasteiger partial charge in [0, 0.05) is 23.9 Å². The van der Waals surface area contributed by atoms with Gasteiger partial charge in [-0.2, -0.15) is 8.78 Å². The molecule has 9 nitrogen and oxygen atoms in total. The second-order valence-corrected chi connectivity index (χ2v) is 8.29. The molecule has 1 saturated heterocycles. The van der Waals surface area contributed by atoms with Crippen molar-refractivity contribution in [2.45, 2.75) is 31.6 Å². The second kappa shape index (κ2) is 10.0. The van der Waals surface area contributed by atoms with E-state index in [1.165, 1.54) is 13.2 Å². The van der Waals surface area contributed by atoms with Crippen LogP contribution in [0.15, 0.2) is 36.7 Å². The van der Waals surface area contributed by atoms with Gasteiger partial charge in [0.1, 0.15) is 41.2 Å². The molecular weight excluding hydrogens is 464 g/mol. The fourth-order valence-corrected chi connectivity index (χ4v) is 3.88. The molecule has 11 heteroatoms. The van der Waals surface area contributed by atoms with E-state index in [0.29, 0.717) is 49.1 Å². The summed E-state index contributed by atoms with van der Waals surface area (Å²) in [5, 5.41) is 2.79. The molecule has 186 valence electrons. The van der Waals surface area contributed by atoms with Crippen LogP contribution in [0.5, 0.6) is 17.2 Å². The summed E-state index contributed by atoms with van der Waals surface area (Å²) in [6.45, 7) is -1.16. The van der Waals surface area contributed by atoms with Gasteiger partial charge in [-0.25, -0.2) is 4.98 Å². The minimum Gasteiger partial charge on any atom is -0.496 e. The number of ether oxygens (including phenoxy) is 5. The first-order valence-corrected chi connectivity index (χ1v) is 11.3. The second-order valence-electron chi connectivity index (χ2n) is 8.29. The summed E-state index contributed by atoms with van der Waals surface area (Å²) in [5.41, 5.74) is 1.61. The zero-order chi connectivity index (χ0) is 24.4. The van der Waals surface area contributed by atoms with Crippen molar-refractivity contribution in [1.82, 2.24) is 14.7 Å². The molecule has 1 N–H and O–H groups in total. The van der Waals surface area contributed by atoms with Crippen molar-refractivity contribution < 1.29 is 37.3 Å². The van der Waals surface area contributed by atoms with Crippen LogP contribution in [0, 0.1) is 0 Å². The molecule has 2 fully saturated rings. The van der Waals surface area contributed by atoms with Gasteiger partial charge in [-0.15, -0.1) is 0 Å². The molecule has 1 aromatic carbocycles. The van der Waals surface area contributed by atoms with Crippen LogP contribution in [0.1, 0.15) is 23.2 Å². The van der Waals surface area contributed by atoms with Crippen LogP contribution >= 0.6 is 0 Å². The van der Waals surface area contributed by atoms with Crippen molar-refractivity contribution in [1.29, 1.82) is 0 Å². The van der Waals surface area contributed by atoms with Gasteiger partial charge >= 0.3 is 6.61 Å². The van der Waals surface area contributed by atoms with Crippen molar-refractivity contribution in [3.05, 3.63) is 42.2 Å². The van der Waals surface area contributed by atoms with E-state index in [1.54, 1.807) is 35.0 Å². The fourth-order valence-electron chi connectivity index (χ4n) is 3.88. The Hall–Kier alpha value is -3.44. The van der Waals surface area contributed by atoms with Crippen molar-refractivity contribution in [3.63, 3.8) is 0 Å². The summed E-state index contributed by atoms with van der Waals surface area (Å²) in [4.78, 5) is 17.2. The molecule has 35 heavy (non-hydrogen) atoms. The van der Waals surface area contributed by atoms with E-state index in [-0.39, 0.29) is 29.2 Å². The minimum absolute atomic E-state index is 0.0404. The third-order valence-corrected chi connectivity index (χ3v) is 5.74. The Labute approximate surface area is 199 Å². The van der Waals surface area contributed by atoms with Crippen molar-refractivity contribution >= 4 is 11.6 Å². The molecule has 3 aromatic rings. The lowest BCUT2D eigenvalue weighted by atomic mass is 10.1. The lowest BCUT2D eigenvalue weighted by molar-refractivity contribution is -0.101. The van der Waals surface area contributed by atoms with E-state index < -0.39 is 12.5 Å². The third-order valence-electron chi connectivity index (χ3n) is 5.74. The molecule has 1 amide bonds. The highest BCUT2D eigenvalue weighted by molar-refractivity contribution is 6.01. The predicted molar refractivity (Wildman–Crippen MR) is 120 cm³/mol. The fraction of sp³-hybridized carbons (Fsp3) is 0.417. The van der Waals surface area contributed by atoms with E-state index in [2.05, 4.69) is 10.3 Å². The lowest BCUT2D eigenvalue weighted by Crippen LogP contribution is -2.33. The SMILES string of the molecule is COc1cc(-c2cnc3cc(OC[C@@H]4COCCO4)ccn23)cc(OC(F)F)c1C(=O)NC1CC1. The molecule has 5 rings (SSSR count). The Morgan fingerprint density at radius 3 is 2.80 bits per heavy atom.